The number of piperidine rings is 1. The fourth-order valence-corrected chi connectivity index (χ4v) is 5.42. The number of carboxylic acids is 1. The van der Waals surface area contributed by atoms with Crippen LogP contribution < -0.4 is 25.6 Å². The van der Waals surface area contributed by atoms with Crippen LogP contribution >= 0.6 is 0 Å². The highest BCUT2D eigenvalue weighted by Crippen LogP contribution is 2.24. The molecule has 1 saturated heterocycles. The van der Waals surface area contributed by atoms with E-state index < -0.39 is 40.3 Å². The number of benzene rings is 2. The standard InChI is InChI=1S/C24H29FN6O5S/c25-19-14-16(6-7-20(19)31-12-8-17(9-13-31)28-24-26-10-11-27-24)23(34)29-21(15-22(32)33)30-37(35,36)18-4-2-1-3-5-18/h1-7,14,17,21,30H,8-13,15H2,(H,29,34)(H,32,33)(H2,26,27,28). The molecule has 11 nitrogen and oxygen atoms in total. The van der Waals surface area contributed by atoms with Gasteiger partial charge in [-0.15, -0.1) is 0 Å². The molecule has 2 aliphatic heterocycles. The van der Waals surface area contributed by atoms with Crippen molar-refractivity contribution < 1.29 is 27.5 Å². The highest BCUT2D eigenvalue weighted by atomic mass is 32.2. The maximum absolute atomic E-state index is 15.0. The number of sulfonamides is 1. The summed E-state index contributed by atoms with van der Waals surface area (Å²) in [5.74, 6) is -1.93. The van der Waals surface area contributed by atoms with Gasteiger partial charge in [0.15, 0.2) is 5.96 Å². The van der Waals surface area contributed by atoms with Crippen molar-refractivity contribution in [3.63, 3.8) is 0 Å². The Hall–Kier alpha value is -3.71. The number of nitrogens with zero attached hydrogens (tertiary/aromatic N) is 2. The molecular formula is C24H29FN6O5S. The molecule has 0 spiro atoms. The first-order valence-electron chi connectivity index (χ1n) is 11.9. The Balaban J connectivity index is 1.39. The number of guanidine groups is 1. The minimum Gasteiger partial charge on any atom is -0.481 e. The molecule has 1 unspecified atom stereocenters. The number of anilines is 1. The van der Waals surface area contributed by atoms with Crippen LogP contribution in [0, 0.1) is 5.82 Å². The van der Waals surface area contributed by atoms with Gasteiger partial charge in [-0.1, -0.05) is 18.2 Å². The van der Waals surface area contributed by atoms with Crippen LogP contribution in [0.3, 0.4) is 0 Å². The van der Waals surface area contributed by atoms with Crippen molar-refractivity contribution in [2.75, 3.05) is 31.1 Å². The van der Waals surface area contributed by atoms with Gasteiger partial charge in [0.05, 0.1) is 23.5 Å². The lowest BCUT2D eigenvalue weighted by atomic mass is 10.0. The molecule has 1 amide bonds. The van der Waals surface area contributed by atoms with E-state index in [1.54, 1.807) is 6.07 Å². The topological polar surface area (TPSA) is 152 Å². The third-order valence-corrected chi connectivity index (χ3v) is 7.58. The highest BCUT2D eigenvalue weighted by molar-refractivity contribution is 7.89. The van der Waals surface area contributed by atoms with Crippen LogP contribution in [0.15, 0.2) is 58.4 Å². The van der Waals surface area contributed by atoms with E-state index >= 15 is 0 Å². The summed E-state index contributed by atoms with van der Waals surface area (Å²) in [6, 6.07) is 11.6. The van der Waals surface area contributed by atoms with Gasteiger partial charge >= 0.3 is 5.97 Å². The van der Waals surface area contributed by atoms with Gasteiger partial charge in [0.25, 0.3) is 5.91 Å². The summed E-state index contributed by atoms with van der Waals surface area (Å²) in [7, 11) is -4.10. The van der Waals surface area contributed by atoms with Crippen LogP contribution in [-0.2, 0) is 14.8 Å². The summed E-state index contributed by atoms with van der Waals surface area (Å²) in [6.45, 7) is 2.81. The van der Waals surface area contributed by atoms with Gasteiger partial charge in [-0.2, -0.15) is 4.72 Å². The smallest absolute Gasteiger partial charge is 0.306 e. The van der Waals surface area contributed by atoms with E-state index in [4.69, 9.17) is 0 Å². The van der Waals surface area contributed by atoms with Gasteiger partial charge in [-0.25, -0.2) is 12.8 Å². The Morgan fingerprint density at radius 1 is 1.16 bits per heavy atom. The molecule has 2 aromatic carbocycles. The predicted molar refractivity (Wildman–Crippen MR) is 135 cm³/mol. The first-order chi connectivity index (χ1) is 17.7. The van der Waals surface area contributed by atoms with Crippen molar-refractivity contribution in [2.45, 2.75) is 36.4 Å². The molecule has 5 N–H and O–H groups in total. The summed E-state index contributed by atoms with van der Waals surface area (Å²) in [6.07, 6.45) is -0.561. The van der Waals surface area contributed by atoms with Gasteiger partial charge in [0, 0.05) is 31.2 Å². The van der Waals surface area contributed by atoms with Gasteiger partial charge in [0.2, 0.25) is 10.0 Å². The van der Waals surface area contributed by atoms with Crippen LogP contribution in [0.4, 0.5) is 10.1 Å². The number of hydrogen-bond donors (Lipinski definition) is 5. The number of carbonyl (C=O) groups is 2. The molecule has 1 atom stereocenters. The maximum atomic E-state index is 15.0. The number of hydrogen-bond acceptors (Lipinski definition) is 8. The first kappa shape index (κ1) is 26.4. The van der Waals surface area contributed by atoms with Crippen molar-refractivity contribution in [2.24, 2.45) is 4.99 Å². The van der Waals surface area contributed by atoms with E-state index in [-0.39, 0.29) is 16.5 Å². The second-order valence-electron chi connectivity index (χ2n) is 8.79. The van der Waals surface area contributed by atoms with Crippen molar-refractivity contribution >= 4 is 33.5 Å². The monoisotopic (exact) mass is 532 g/mol. The van der Waals surface area contributed by atoms with E-state index in [1.165, 1.54) is 36.4 Å². The lowest BCUT2D eigenvalue weighted by Gasteiger charge is -2.34. The lowest BCUT2D eigenvalue weighted by molar-refractivity contribution is -0.137. The molecule has 198 valence electrons. The minimum atomic E-state index is -4.10. The molecule has 2 heterocycles. The second-order valence-corrected chi connectivity index (χ2v) is 10.5. The van der Waals surface area contributed by atoms with Crippen LogP contribution in [0.2, 0.25) is 0 Å². The number of halogens is 1. The van der Waals surface area contributed by atoms with Crippen LogP contribution in [-0.4, -0.2) is 69.7 Å². The number of rotatable bonds is 9. The Bertz CT molecular complexity index is 1270. The van der Waals surface area contributed by atoms with Crippen molar-refractivity contribution in [1.29, 1.82) is 0 Å². The number of carbonyl (C=O) groups excluding carboxylic acids is 1. The summed E-state index contributed by atoms with van der Waals surface area (Å²) >= 11 is 0. The lowest BCUT2D eigenvalue weighted by Crippen LogP contribution is -2.49. The zero-order chi connectivity index (χ0) is 26.4. The van der Waals surface area contributed by atoms with Crippen LogP contribution in [0.25, 0.3) is 0 Å². The van der Waals surface area contributed by atoms with Crippen molar-refractivity contribution in [3.05, 3.63) is 59.9 Å². The third kappa shape index (κ3) is 6.95. The zero-order valence-corrected chi connectivity index (χ0v) is 20.8. The summed E-state index contributed by atoms with van der Waals surface area (Å²) < 4.78 is 42.4. The second kappa shape index (κ2) is 11.6. The molecule has 4 rings (SSSR count). The van der Waals surface area contributed by atoms with Crippen LogP contribution in [0.1, 0.15) is 29.6 Å². The normalized spacial score (nSPS) is 17.0. The SMILES string of the molecule is O=C(O)CC(NC(=O)c1ccc(N2CCC(NC3=NCCN3)CC2)c(F)c1)NS(=O)(=O)c1ccccc1. The molecule has 0 radical (unpaired) electrons. The van der Waals surface area contributed by atoms with Crippen molar-refractivity contribution in [1.82, 2.24) is 20.7 Å². The molecule has 0 bridgehead atoms. The number of aliphatic carboxylic acids is 1. The minimum absolute atomic E-state index is 0.0579. The number of aliphatic imine (C=N–C) groups is 1. The Labute approximate surface area is 214 Å². The van der Waals surface area contributed by atoms with E-state index in [9.17, 15) is 27.5 Å². The molecule has 1 fully saturated rings. The number of carboxylic acid groups (broad SMARTS) is 1. The van der Waals surface area contributed by atoms with Gasteiger partial charge in [-0.3, -0.25) is 14.6 Å². The van der Waals surface area contributed by atoms with Gasteiger partial charge < -0.3 is 26.0 Å². The molecule has 0 aliphatic carbocycles. The van der Waals surface area contributed by atoms with Crippen LogP contribution in [0.5, 0.6) is 0 Å². The first-order valence-corrected chi connectivity index (χ1v) is 13.4. The average Bonchev–Trinajstić information content (AvgIpc) is 3.37. The number of amides is 1. The summed E-state index contributed by atoms with van der Waals surface area (Å²) in [5.41, 5.74) is 0.301. The molecule has 0 aromatic heterocycles. The summed E-state index contributed by atoms with van der Waals surface area (Å²) in [4.78, 5) is 30.2. The number of nitrogens with one attached hydrogen (secondary N) is 4. The quantitative estimate of drug-likeness (QED) is 0.298. The van der Waals surface area contributed by atoms with Gasteiger partial charge in [0.1, 0.15) is 12.0 Å². The predicted octanol–water partition coefficient (Wildman–Crippen LogP) is 0.852. The molecule has 2 aliphatic rings. The van der Waals surface area contributed by atoms with E-state index in [1.807, 2.05) is 4.90 Å². The fraction of sp³-hybridized carbons (Fsp3) is 0.375. The Morgan fingerprint density at radius 2 is 1.89 bits per heavy atom. The fourth-order valence-electron chi connectivity index (χ4n) is 4.25. The Morgan fingerprint density at radius 3 is 2.51 bits per heavy atom. The zero-order valence-electron chi connectivity index (χ0n) is 20.0. The summed E-state index contributed by atoms with van der Waals surface area (Å²) in [5, 5.41) is 18.1. The third-order valence-electron chi connectivity index (χ3n) is 6.10. The highest BCUT2D eigenvalue weighted by Gasteiger charge is 2.26. The van der Waals surface area contributed by atoms with E-state index in [0.29, 0.717) is 18.8 Å². The molecule has 37 heavy (non-hydrogen) atoms. The van der Waals surface area contributed by atoms with Gasteiger partial charge in [-0.05, 0) is 43.2 Å². The molecule has 13 heteroatoms. The Kier molecular flexibility index (Phi) is 8.24. The largest absolute Gasteiger partial charge is 0.481 e. The average molecular weight is 533 g/mol. The van der Waals surface area contributed by atoms with E-state index in [0.717, 1.165) is 38.0 Å². The van der Waals surface area contributed by atoms with E-state index in [2.05, 4.69) is 25.7 Å². The molecular weight excluding hydrogens is 503 g/mol. The van der Waals surface area contributed by atoms with Crippen molar-refractivity contribution in [3.8, 4) is 0 Å². The molecule has 2 aromatic rings. The maximum Gasteiger partial charge on any atom is 0.306 e. The molecule has 0 saturated carbocycles.